The SMILES string of the molecule is CC(C)(C)OC(=O)CCOCCOCCOc1cc(Br)c(OCCOCCOCCC(=O)OC(C)(C)C)cc1Br. The Labute approximate surface area is 254 Å². The molecule has 1 aromatic rings. The van der Waals surface area contributed by atoms with Crippen LogP contribution in [0, 0.1) is 0 Å². The molecule has 12 heteroatoms. The van der Waals surface area contributed by atoms with Crippen LogP contribution in [0.1, 0.15) is 54.4 Å². The number of benzene rings is 1. The van der Waals surface area contributed by atoms with E-state index < -0.39 is 11.2 Å². The Morgan fingerprint density at radius 1 is 0.550 bits per heavy atom. The second-order valence-electron chi connectivity index (χ2n) is 10.5. The molecular formula is C28H44Br2O10. The lowest BCUT2D eigenvalue weighted by molar-refractivity contribution is -0.157. The smallest absolute Gasteiger partial charge is 0.308 e. The summed E-state index contributed by atoms with van der Waals surface area (Å²) in [5.74, 6) is 0.740. The predicted molar refractivity (Wildman–Crippen MR) is 157 cm³/mol. The van der Waals surface area contributed by atoms with Crippen molar-refractivity contribution in [3.63, 3.8) is 0 Å². The van der Waals surface area contributed by atoms with Crippen molar-refractivity contribution in [1.82, 2.24) is 0 Å². The van der Waals surface area contributed by atoms with Gasteiger partial charge >= 0.3 is 11.9 Å². The molecule has 0 saturated carbocycles. The normalized spacial score (nSPS) is 11.8. The van der Waals surface area contributed by atoms with E-state index in [9.17, 15) is 9.59 Å². The van der Waals surface area contributed by atoms with E-state index >= 15 is 0 Å². The van der Waals surface area contributed by atoms with Crippen molar-refractivity contribution in [3.8, 4) is 11.5 Å². The van der Waals surface area contributed by atoms with Crippen LogP contribution in [0.15, 0.2) is 21.1 Å². The Hall–Kier alpha value is -1.44. The largest absolute Gasteiger partial charge is 0.490 e. The third-order valence-electron chi connectivity index (χ3n) is 4.44. The lowest BCUT2D eigenvalue weighted by Gasteiger charge is -2.19. The summed E-state index contributed by atoms with van der Waals surface area (Å²) >= 11 is 7.00. The standard InChI is InChI=1S/C28H44Br2O10/c1-27(2,3)39-25(31)7-9-33-11-13-35-15-17-37-23-19-22(30)24(20-21(23)29)38-18-16-36-14-12-34-10-8-26(32)40-28(4,5)6/h19-20H,7-18H2,1-6H3. The van der Waals surface area contributed by atoms with Crippen LogP contribution < -0.4 is 9.47 Å². The molecule has 0 atom stereocenters. The van der Waals surface area contributed by atoms with E-state index in [4.69, 9.17) is 37.9 Å². The fraction of sp³-hybridized carbons (Fsp3) is 0.714. The average Bonchev–Trinajstić information content (AvgIpc) is 2.82. The molecule has 0 fully saturated rings. The van der Waals surface area contributed by atoms with E-state index in [1.54, 1.807) is 0 Å². The van der Waals surface area contributed by atoms with Gasteiger partial charge in [0.15, 0.2) is 0 Å². The summed E-state index contributed by atoms with van der Waals surface area (Å²) in [5, 5.41) is 0. The minimum absolute atomic E-state index is 0.212. The van der Waals surface area contributed by atoms with Crippen LogP contribution >= 0.6 is 31.9 Å². The molecule has 0 heterocycles. The number of hydrogen-bond donors (Lipinski definition) is 0. The molecule has 0 radical (unpaired) electrons. The fourth-order valence-electron chi connectivity index (χ4n) is 2.89. The minimum Gasteiger partial charge on any atom is -0.490 e. The van der Waals surface area contributed by atoms with Crippen molar-refractivity contribution in [2.24, 2.45) is 0 Å². The molecule has 0 amide bonds. The van der Waals surface area contributed by atoms with Crippen LogP contribution in [-0.4, -0.2) is 89.2 Å². The summed E-state index contributed by atoms with van der Waals surface area (Å²) in [7, 11) is 0. The van der Waals surface area contributed by atoms with Crippen molar-refractivity contribution in [2.45, 2.75) is 65.6 Å². The Morgan fingerprint density at radius 3 is 1.18 bits per heavy atom. The maximum Gasteiger partial charge on any atom is 0.308 e. The summed E-state index contributed by atoms with van der Waals surface area (Å²) in [6, 6.07) is 3.64. The van der Waals surface area contributed by atoms with E-state index in [0.29, 0.717) is 77.6 Å². The molecule has 40 heavy (non-hydrogen) atoms. The molecule has 0 N–H and O–H groups in total. The van der Waals surface area contributed by atoms with Gasteiger partial charge < -0.3 is 37.9 Å². The van der Waals surface area contributed by atoms with E-state index in [1.807, 2.05) is 53.7 Å². The van der Waals surface area contributed by atoms with Crippen molar-refractivity contribution < 1.29 is 47.5 Å². The summed E-state index contributed by atoms with van der Waals surface area (Å²) in [4.78, 5) is 23.2. The molecule has 0 aliphatic carbocycles. The van der Waals surface area contributed by atoms with Crippen LogP contribution in [0.3, 0.4) is 0 Å². The van der Waals surface area contributed by atoms with Crippen LogP contribution in [0.5, 0.6) is 11.5 Å². The second kappa shape index (κ2) is 19.6. The molecular weight excluding hydrogens is 656 g/mol. The minimum atomic E-state index is -0.489. The molecule has 0 aliphatic rings. The highest BCUT2D eigenvalue weighted by molar-refractivity contribution is 9.11. The molecule has 0 aliphatic heterocycles. The maximum atomic E-state index is 11.6. The van der Waals surface area contributed by atoms with Crippen molar-refractivity contribution in [1.29, 1.82) is 0 Å². The zero-order valence-electron chi connectivity index (χ0n) is 24.5. The third kappa shape index (κ3) is 19.6. The van der Waals surface area contributed by atoms with Gasteiger partial charge in [0.1, 0.15) is 35.9 Å². The van der Waals surface area contributed by atoms with Gasteiger partial charge in [-0.2, -0.15) is 0 Å². The fourth-order valence-corrected chi connectivity index (χ4v) is 3.77. The average molecular weight is 700 g/mol. The maximum absolute atomic E-state index is 11.6. The molecule has 10 nitrogen and oxygen atoms in total. The first-order chi connectivity index (χ1) is 18.8. The molecule has 0 unspecified atom stereocenters. The molecule has 0 saturated heterocycles. The van der Waals surface area contributed by atoms with Gasteiger partial charge in [0.25, 0.3) is 0 Å². The van der Waals surface area contributed by atoms with E-state index in [0.717, 1.165) is 8.95 Å². The summed E-state index contributed by atoms with van der Waals surface area (Å²) in [6.45, 7) is 14.6. The zero-order valence-corrected chi connectivity index (χ0v) is 27.7. The number of esters is 2. The van der Waals surface area contributed by atoms with E-state index in [1.165, 1.54) is 0 Å². The van der Waals surface area contributed by atoms with Gasteiger partial charge in [-0.1, -0.05) is 0 Å². The Bertz CT molecular complexity index is 809. The molecule has 0 bridgehead atoms. The first kappa shape index (κ1) is 36.6. The van der Waals surface area contributed by atoms with Crippen LogP contribution in [0.2, 0.25) is 0 Å². The zero-order chi connectivity index (χ0) is 30.0. The number of hydrogen-bond acceptors (Lipinski definition) is 10. The van der Waals surface area contributed by atoms with Crippen LogP contribution in [-0.2, 0) is 38.0 Å². The predicted octanol–water partition coefficient (Wildman–Crippen LogP) is 5.50. The molecule has 230 valence electrons. The lowest BCUT2D eigenvalue weighted by atomic mass is 10.2. The summed E-state index contributed by atoms with van der Waals surface area (Å²) in [6.07, 6.45) is 0.424. The first-order valence-electron chi connectivity index (χ1n) is 13.3. The van der Waals surface area contributed by atoms with Crippen LogP contribution in [0.4, 0.5) is 0 Å². The quantitative estimate of drug-likeness (QED) is 0.128. The van der Waals surface area contributed by atoms with Gasteiger partial charge in [-0.15, -0.1) is 0 Å². The molecule has 1 rings (SSSR count). The van der Waals surface area contributed by atoms with E-state index in [2.05, 4.69) is 31.9 Å². The van der Waals surface area contributed by atoms with Gasteiger partial charge in [0.05, 0.1) is 74.6 Å². The number of carbonyl (C=O) groups is 2. The van der Waals surface area contributed by atoms with E-state index in [-0.39, 0.29) is 24.8 Å². The van der Waals surface area contributed by atoms with Gasteiger partial charge in [0.2, 0.25) is 0 Å². The van der Waals surface area contributed by atoms with Crippen molar-refractivity contribution in [2.75, 3.05) is 66.1 Å². The highest BCUT2D eigenvalue weighted by Crippen LogP contribution is 2.36. The van der Waals surface area contributed by atoms with Gasteiger partial charge in [0, 0.05) is 0 Å². The van der Waals surface area contributed by atoms with Crippen molar-refractivity contribution >= 4 is 43.8 Å². The molecule has 0 aromatic heterocycles. The number of halogens is 2. The van der Waals surface area contributed by atoms with Crippen molar-refractivity contribution in [3.05, 3.63) is 21.1 Å². The van der Waals surface area contributed by atoms with Crippen LogP contribution in [0.25, 0.3) is 0 Å². The monoisotopic (exact) mass is 698 g/mol. The third-order valence-corrected chi connectivity index (χ3v) is 5.68. The Balaban J connectivity index is 2.11. The Kier molecular flexibility index (Phi) is 18.0. The van der Waals surface area contributed by atoms with Gasteiger partial charge in [-0.05, 0) is 85.5 Å². The molecule has 0 spiro atoms. The number of rotatable bonds is 20. The molecule has 1 aromatic carbocycles. The summed E-state index contributed by atoms with van der Waals surface area (Å²) < 4.78 is 45.3. The lowest BCUT2D eigenvalue weighted by Crippen LogP contribution is -2.24. The highest BCUT2D eigenvalue weighted by Gasteiger charge is 2.16. The van der Waals surface area contributed by atoms with Gasteiger partial charge in [-0.3, -0.25) is 9.59 Å². The Morgan fingerprint density at radius 2 is 0.850 bits per heavy atom. The highest BCUT2D eigenvalue weighted by atomic mass is 79.9. The van der Waals surface area contributed by atoms with Gasteiger partial charge in [-0.25, -0.2) is 0 Å². The first-order valence-corrected chi connectivity index (χ1v) is 14.8. The topological polar surface area (TPSA) is 108 Å². The summed E-state index contributed by atoms with van der Waals surface area (Å²) in [5.41, 5.74) is -0.978. The number of carbonyl (C=O) groups excluding carboxylic acids is 2. The number of ether oxygens (including phenoxy) is 8. The second-order valence-corrected chi connectivity index (χ2v) is 12.2.